The van der Waals surface area contributed by atoms with Gasteiger partial charge in [0.2, 0.25) is 0 Å². The summed E-state index contributed by atoms with van der Waals surface area (Å²) < 4.78 is 10.9. The Kier molecular flexibility index (Phi) is 3.49. The van der Waals surface area contributed by atoms with Gasteiger partial charge in [0.15, 0.2) is 0 Å². The van der Waals surface area contributed by atoms with Gasteiger partial charge in [-0.2, -0.15) is 0 Å². The van der Waals surface area contributed by atoms with Gasteiger partial charge in [-0.15, -0.1) is 0 Å². The quantitative estimate of drug-likeness (QED) is 0.524. The van der Waals surface area contributed by atoms with Gasteiger partial charge >= 0.3 is 5.97 Å². The smallest absolute Gasteiger partial charge is 0.314 e. The van der Waals surface area contributed by atoms with Crippen LogP contribution in [0.2, 0.25) is 0 Å². The van der Waals surface area contributed by atoms with Gasteiger partial charge in [0.05, 0.1) is 12.2 Å². The lowest BCUT2D eigenvalue weighted by molar-refractivity contribution is -0.250. The maximum absolute atomic E-state index is 11.8. The largest absolute Gasteiger partial charge is 0.462 e. The van der Waals surface area contributed by atoms with Crippen LogP contribution in [0, 0.1) is 5.92 Å². The van der Waals surface area contributed by atoms with E-state index < -0.39 is 35.8 Å². The second-order valence-electron chi connectivity index (χ2n) is 5.28. The third-order valence-corrected chi connectivity index (χ3v) is 3.74. The molecule has 2 aliphatic heterocycles. The topological polar surface area (TPSA) is 76.0 Å². The standard InChI is InChI=1S/C13H20O5/c1-4-5-13(3)11(15)10(14)9-8(18-13)6-7(2)17-12(9)16/h4-5,7-11,14-15H,6H2,1-3H3/b5-4+/t7-,8+,9-,10-,11+,13-/m1/s1. The van der Waals surface area contributed by atoms with E-state index in [0.29, 0.717) is 6.42 Å². The summed E-state index contributed by atoms with van der Waals surface area (Å²) in [5.74, 6) is -1.29. The molecule has 0 aliphatic carbocycles. The number of hydrogen-bond donors (Lipinski definition) is 2. The Balaban J connectivity index is 2.29. The fraction of sp³-hybridized carbons (Fsp3) is 0.769. The summed E-state index contributed by atoms with van der Waals surface area (Å²) in [5.41, 5.74) is -0.966. The molecule has 0 saturated carbocycles. The number of ether oxygens (including phenoxy) is 2. The van der Waals surface area contributed by atoms with E-state index in [1.165, 1.54) is 0 Å². The number of allylic oxidation sites excluding steroid dienone is 1. The van der Waals surface area contributed by atoms with Crippen LogP contribution in [0.5, 0.6) is 0 Å². The summed E-state index contributed by atoms with van der Waals surface area (Å²) in [6.45, 7) is 5.32. The van der Waals surface area contributed by atoms with E-state index in [1.807, 2.05) is 6.92 Å². The van der Waals surface area contributed by atoms with E-state index in [2.05, 4.69) is 0 Å². The Morgan fingerprint density at radius 3 is 2.72 bits per heavy atom. The van der Waals surface area contributed by atoms with E-state index in [1.54, 1.807) is 26.0 Å². The minimum atomic E-state index is -1.16. The molecule has 0 bridgehead atoms. The highest BCUT2D eigenvalue weighted by Crippen LogP contribution is 2.39. The molecule has 5 heteroatoms. The molecule has 2 saturated heterocycles. The van der Waals surface area contributed by atoms with Crippen molar-refractivity contribution in [2.75, 3.05) is 0 Å². The third-order valence-electron chi connectivity index (χ3n) is 3.74. The summed E-state index contributed by atoms with van der Waals surface area (Å²) in [5, 5.41) is 20.2. The Hall–Kier alpha value is -0.910. The SMILES string of the molecule is C/C=C/[C@@]1(C)O[C@H]2C[C@@H](C)OC(=O)[C@H]2[C@@H](O)[C@@H]1O. The van der Waals surface area contributed by atoms with Crippen molar-refractivity contribution < 1.29 is 24.5 Å². The number of rotatable bonds is 1. The molecular weight excluding hydrogens is 236 g/mol. The van der Waals surface area contributed by atoms with Gasteiger partial charge in [0.1, 0.15) is 23.7 Å². The van der Waals surface area contributed by atoms with E-state index in [0.717, 1.165) is 0 Å². The van der Waals surface area contributed by atoms with E-state index >= 15 is 0 Å². The number of fused-ring (bicyclic) bond motifs is 1. The molecule has 0 aromatic carbocycles. The molecule has 0 aromatic heterocycles. The van der Waals surface area contributed by atoms with E-state index in [9.17, 15) is 15.0 Å². The molecule has 0 radical (unpaired) electrons. The molecule has 0 spiro atoms. The zero-order valence-electron chi connectivity index (χ0n) is 10.9. The van der Waals surface area contributed by atoms with Gasteiger partial charge in [0, 0.05) is 6.42 Å². The van der Waals surface area contributed by atoms with Crippen molar-refractivity contribution in [2.24, 2.45) is 5.92 Å². The van der Waals surface area contributed by atoms with Crippen LogP contribution in [0.15, 0.2) is 12.2 Å². The summed E-state index contributed by atoms with van der Waals surface area (Å²) >= 11 is 0. The third kappa shape index (κ3) is 2.06. The molecule has 6 atom stereocenters. The summed E-state index contributed by atoms with van der Waals surface area (Å²) in [4.78, 5) is 11.8. The summed E-state index contributed by atoms with van der Waals surface area (Å²) in [7, 11) is 0. The van der Waals surface area contributed by atoms with Crippen LogP contribution >= 0.6 is 0 Å². The zero-order chi connectivity index (χ0) is 13.5. The minimum absolute atomic E-state index is 0.226. The van der Waals surface area contributed by atoms with Crippen molar-refractivity contribution in [3.63, 3.8) is 0 Å². The van der Waals surface area contributed by atoms with E-state index in [-0.39, 0.29) is 6.10 Å². The first-order valence-corrected chi connectivity index (χ1v) is 6.27. The number of carbonyl (C=O) groups is 1. The molecule has 2 aliphatic rings. The van der Waals surface area contributed by atoms with Crippen molar-refractivity contribution in [3.05, 3.63) is 12.2 Å². The second kappa shape index (κ2) is 4.64. The number of carbonyl (C=O) groups excluding carboxylic acids is 1. The maximum Gasteiger partial charge on any atom is 0.314 e. The Bertz CT molecular complexity index is 366. The Labute approximate surface area is 106 Å². The summed E-state index contributed by atoms with van der Waals surface area (Å²) in [6, 6.07) is 0. The average molecular weight is 256 g/mol. The van der Waals surface area contributed by atoms with Crippen LogP contribution in [-0.2, 0) is 14.3 Å². The van der Waals surface area contributed by atoms with Crippen LogP contribution in [0.4, 0.5) is 0 Å². The first-order valence-electron chi connectivity index (χ1n) is 6.27. The Morgan fingerprint density at radius 1 is 1.44 bits per heavy atom. The molecule has 0 aromatic rings. The number of esters is 1. The number of hydrogen-bond acceptors (Lipinski definition) is 5. The monoisotopic (exact) mass is 256 g/mol. The first kappa shape index (κ1) is 13.5. The highest BCUT2D eigenvalue weighted by molar-refractivity contribution is 5.75. The molecule has 102 valence electrons. The first-order chi connectivity index (χ1) is 8.39. The number of cyclic esters (lactones) is 1. The van der Waals surface area contributed by atoms with Crippen LogP contribution in [-0.4, -0.2) is 46.2 Å². The predicted molar refractivity (Wildman–Crippen MR) is 63.8 cm³/mol. The lowest BCUT2D eigenvalue weighted by Gasteiger charge is -2.49. The van der Waals surface area contributed by atoms with Gasteiger partial charge in [-0.3, -0.25) is 4.79 Å². The number of aliphatic hydroxyl groups excluding tert-OH is 2. The van der Waals surface area contributed by atoms with Crippen LogP contribution < -0.4 is 0 Å². The predicted octanol–water partition coefficient (Wildman–Crippen LogP) is 0.393. The van der Waals surface area contributed by atoms with Gasteiger partial charge in [0.25, 0.3) is 0 Å². The highest BCUT2D eigenvalue weighted by atomic mass is 16.6. The van der Waals surface area contributed by atoms with E-state index in [4.69, 9.17) is 9.47 Å². The van der Waals surface area contributed by atoms with Crippen molar-refractivity contribution in [2.45, 2.75) is 57.2 Å². The molecule has 18 heavy (non-hydrogen) atoms. The normalized spacial score (nSPS) is 48.9. The van der Waals surface area contributed by atoms with Crippen LogP contribution in [0.25, 0.3) is 0 Å². The molecule has 2 N–H and O–H groups in total. The molecule has 5 nitrogen and oxygen atoms in total. The molecule has 0 amide bonds. The second-order valence-corrected chi connectivity index (χ2v) is 5.28. The van der Waals surface area contributed by atoms with Crippen molar-refractivity contribution in [3.8, 4) is 0 Å². The molecular formula is C13H20O5. The lowest BCUT2D eigenvalue weighted by atomic mass is 9.78. The number of aliphatic hydroxyl groups is 2. The maximum atomic E-state index is 11.8. The van der Waals surface area contributed by atoms with Crippen LogP contribution in [0.1, 0.15) is 27.2 Å². The van der Waals surface area contributed by atoms with Crippen molar-refractivity contribution in [1.82, 2.24) is 0 Å². The summed E-state index contributed by atoms with van der Waals surface area (Å²) in [6.07, 6.45) is 1.06. The Morgan fingerprint density at radius 2 is 2.11 bits per heavy atom. The molecule has 2 fully saturated rings. The van der Waals surface area contributed by atoms with Crippen molar-refractivity contribution in [1.29, 1.82) is 0 Å². The molecule has 0 unspecified atom stereocenters. The molecule has 2 rings (SSSR count). The highest BCUT2D eigenvalue weighted by Gasteiger charge is 2.55. The van der Waals surface area contributed by atoms with Crippen molar-refractivity contribution >= 4 is 5.97 Å². The fourth-order valence-electron chi connectivity index (χ4n) is 2.83. The van der Waals surface area contributed by atoms with Crippen LogP contribution in [0.3, 0.4) is 0 Å². The van der Waals surface area contributed by atoms with Gasteiger partial charge < -0.3 is 19.7 Å². The van der Waals surface area contributed by atoms with Gasteiger partial charge in [-0.25, -0.2) is 0 Å². The fourth-order valence-corrected chi connectivity index (χ4v) is 2.83. The zero-order valence-corrected chi connectivity index (χ0v) is 10.9. The lowest BCUT2D eigenvalue weighted by Crippen LogP contribution is -2.64. The molecule has 2 heterocycles. The average Bonchev–Trinajstić information content (AvgIpc) is 2.25. The van der Waals surface area contributed by atoms with Gasteiger partial charge in [-0.05, 0) is 20.8 Å². The van der Waals surface area contributed by atoms with Gasteiger partial charge in [-0.1, -0.05) is 12.2 Å². The minimum Gasteiger partial charge on any atom is -0.462 e.